The van der Waals surface area contributed by atoms with Crippen molar-refractivity contribution in [1.29, 1.82) is 0 Å². The fraction of sp³-hybridized carbons (Fsp3) is 0.750. The molecule has 2 unspecified atom stereocenters. The number of hydrogen-bond donors (Lipinski definition) is 2. The first kappa shape index (κ1) is 9.79. The van der Waals surface area contributed by atoms with Crippen molar-refractivity contribution in [2.75, 3.05) is 0 Å². The molecule has 6 heteroatoms. The van der Waals surface area contributed by atoms with E-state index in [-0.39, 0.29) is 17.0 Å². The van der Waals surface area contributed by atoms with Crippen molar-refractivity contribution in [2.24, 2.45) is 7.05 Å². The van der Waals surface area contributed by atoms with Crippen LogP contribution >= 0.6 is 11.8 Å². The Bertz CT molecular complexity index is 373. The molecular weight excluding hydrogens is 202 g/mol. The number of thioether (sulfide) groups is 1. The van der Waals surface area contributed by atoms with Gasteiger partial charge in [-0.05, 0) is 19.3 Å². The molecule has 1 aromatic heterocycles. The summed E-state index contributed by atoms with van der Waals surface area (Å²) in [5, 5.41) is 16.7. The van der Waals surface area contributed by atoms with E-state index in [0.717, 1.165) is 19.3 Å². The van der Waals surface area contributed by atoms with Gasteiger partial charge in [-0.3, -0.25) is 4.57 Å². The van der Waals surface area contributed by atoms with Gasteiger partial charge < -0.3 is 5.11 Å². The van der Waals surface area contributed by atoms with Crippen LogP contribution < -0.4 is 5.69 Å². The zero-order chi connectivity index (χ0) is 10.1. The molecule has 1 saturated carbocycles. The summed E-state index contributed by atoms with van der Waals surface area (Å²) < 4.78 is 1.47. The Morgan fingerprint density at radius 1 is 1.64 bits per heavy atom. The van der Waals surface area contributed by atoms with E-state index in [2.05, 4.69) is 10.2 Å². The summed E-state index contributed by atoms with van der Waals surface area (Å²) in [4.78, 5) is 11.1. The summed E-state index contributed by atoms with van der Waals surface area (Å²) >= 11 is 1.48. The summed E-state index contributed by atoms with van der Waals surface area (Å²) in [6.45, 7) is 0. The number of nitrogens with zero attached hydrogens (tertiary/aromatic N) is 2. The standard InChI is InChI=1S/C8H13N3O2S/c1-11-7(13)9-10-8(11)14-6-4-2-3-5(6)12/h5-6,12H,2-4H2,1H3,(H,9,13). The quantitative estimate of drug-likeness (QED) is 0.734. The average molecular weight is 215 g/mol. The molecule has 2 rings (SSSR count). The topological polar surface area (TPSA) is 70.9 Å². The molecule has 2 N–H and O–H groups in total. The minimum Gasteiger partial charge on any atom is -0.392 e. The van der Waals surface area contributed by atoms with Crippen LogP contribution in [0.25, 0.3) is 0 Å². The summed E-state index contributed by atoms with van der Waals surface area (Å²) in [6, 6.07) is 0. The zero-order valence-electron chi connectivity index (χ0n) is 7.93. The molecule has 1 aliphatic rings. The molecule has 1 aliphatic carbocycles. The predicted octanol–water partition coefficient (Wildman–Crippen LogP) is 0.114. The smallest absolute Gasteiger partial charge is 0.343 e. The number of aliphatic hydroxyl groups excluding tert-OH is 1. The number of nitrogens with one attached hydrogen (secondary N) is 1. The highest BCUT2D eigenvalue weighted by Crippen LogP contribution is 2.33. The summed E-state index contributed by atoms with van der Waals surface area (Å²) in [5.74, 6) is 0. The highest BCUT2D eigenvalue weighted by Gasteiger charge is 2.27. The van der Waals surface area contributed by atoms with Crippen LogP contribution in [-0.2, 0) is 7.05 Å². The molecule has 1 fully saturated rings. The third-order valence-electron chi connectivity index (χ3n) is 2.51. The summed E-state index contributed by atoms with van der Waals surface area (Å²) in [5.41, 5.74) is -0.208. The molecule has 0 saturated heterocycles. The molecular formula is C8H13N3O2S. The van der Waals surface area contributed by atoms with Gasteiger partial charge in [-0.25, -0.2) is 9.89 Å². The molecule has 1 heterocycles. The molecule has 0 radical (unpaired) electrons. The number of aliphatic hydroxyl groups is 1. The molecule has 2 atom stereocenters. The Labute approximate surface area is 85.5 Å². The molecule has 0 amide bonds. The van der Waals surface area contributed by atoms with Crippen LogP contribution in [0.3, 0.4) is 0 Å². The van der Waals surface area contributed by atoms with Crippen molar-refractivity contribution < 1.29 is 5.11 Å². The second kappa shape index (κ2) is 3.78. The van der Waals surface area contributed by atoms with Gasteiger partial charge in [0.05, 0.1) is 6.10 Å². The van der Waals surface area contributed by atoms with Crippen LogP contribution in [0.4, 0.5) is 0 Å². The van der Waals surface area contributed by atoms with E-state index in [1.54, 1.807) is 7.05 Å². The average Bonchev–Trinajstić information content (AvgIpc) is 2.68. The minimum absolute atomic E-state index is 0.184. The van der Waals surface area contributed by atoms with Gasteiger partial charge in [0.2, 0.25) is 0 Å². The molecule has 0 spiro atoms. The van der Waals surface area contributed by atoms with Gasteiger partial charge >= 0.3 is 5.69 Å². The molecule has 14 heavy (non-hydrogen) atoms. The van der Waals surface area contributed by atoms with Crippen LogP contribution in [0.2, 0.25) is 0 Å². The van der Waals surface area contributed by atoms with E-state index < -0.39 is 0 Å². The largest absolute Gasteiger partial charge is 0.392 e. The van der Waals surface area contributed by atoms with Crippen molar-refractivity contribution >= 4 is 11.8 Å². The Morgan fingerprint density at radius 3 is 2.93 bits per heavy atom. The molecule has 0 aliphatic heterocycles. The van der Waals surface area contributed by atoms with E-state index in [4.69, 9.17) is 0 Å². The zero-order valence-corrected chi connectivity index (χ0v) is 8.75. The van der Waals surface area contributed by atoms with Gasteiger partial charge in [0, 0.05) is 12.3 Å². The van der Waals surface area contributed by atoms with Gasteiger partial charge in [0.1, 0.15) is 0 Å². The van der Waals surface area contributed by atoms with Crippen molar-refractivity contribution in [3.8, 4) is 0 Å². The van der Waals surface area contributed by atoms with E-state index >= 15 is 0 Å². The third-order valence-corrected chi connectivity index (χ3v) is 3.94. The van der Waals surface area contributed by atoms with E-state index in [1.165, 1.54) is 16.3 Å². The normalized spacial score (nSPS) is 27.0. The van der Waals surface area contributed by atoms with Crippen LogP contribution in [-0.4, -0.2) is 31.2 Å². The van der Waals surface area contributed by atoms with Crippen LogP contribution in [0.15, 0.2) is 9.95 Å². The van der Waals surface area contributed by atoms with Gasteiger partial charge in [-0.15, -0.1) is 5.10 Å². The Kier molecular flexibility index (Phi) is 2.64. The molecule has 5 nitrogen and oxygen atoms in total. The predicted molar refractivity (Wildman–Crippen MR) is 53.3 cm³/mol. The monoisotopic (exact) mass is 215 g/mol. The van der Waals surface area contributed by atoms with Crippen LogP contribution in [0.1, 0.15) is 19.3 Å². The Hall–Kier alpha value is -0.750. The maximum Gasteiger partial charge on any atom is 0.343 e. The van der Waals surface area contributed by atoms with Crippen molar-refractivity contribution in [1.82, 2.24) is 14.8 Å². The molecule has 0 aromatic carbocycles. The van der Waals surface area contributed by atoms with Crippen molar-refractivity contribution in [3.05, 3.63) is 10.5 Å². The second-order valence-corrected chi connectivity index (χ2v) is 4.73. The first-order valence-electron chi connectivity index (χ1n) is 4.64. The number of aromatic nitrogens is 3. The maximum absolute atomic E-state index is 11.1. The lowest BCUT2D eigenvalue weighted by atomic mass is 10.3. The lowest BCUT2D eigenvalue weighted by molar-refractivity contribution is 0.188. The highest BCUT2D eigenvalue weighted by atomic mass is 32.2. The highest BCUT2D eigenvalue weighted by molar-refractivity contribution is 7.99. The second-order valence-electron chi connectivity index (χ2n) is 3.52. The summed E-state index contributed by atoms with van der Waals surface area (Å²) in [7, 11) is 1.68. The number of rotatable bonds is 2. The Balaban J connectivity index is 2.10. The van der Waals surface area contributed by atoms with Gasteiger partial charge in [0.25, 0.3) is 0 Å². The SMILES string of the molecule is Cn1c(SC2CCCC2O)n[nH]c1=O. The minimum atomic E-state index is -0.258. The van der Waals surface area contributed by atoms with Gasteiger partial charge in [0.15, 0.2) is 5.16 Å². The lowest BCUT2D eigenvalue weighted by Gasteiger charge is -2.11. The summed E-state index contributed by atoms with van der Waals surface area (Å²) in [6.07, 6.45) is 2.65. The lowest BCUT2D eigenvalue weighted by Crippen LogP contribution is -2.17. The fourth-order valence-electron chi connectivity index (χ4n) is 1.62. The molecule has 1 aromatic rings. The van der Waals surface area contributed by atoms with Crippen molar-refractivity contribution in [3.63, 3.8) is 0 Å². The number of hydrogen-bond acceptors (Lipinski definition) is 4. The van der Waals surface area contributed by atoms with E-state index in [9.17, 15) is 9.90 Å². The third kappa shape index (κ3) is 1.72. The number of aromatic amines is 1. The molecule has 0 bridgehead atoms. The van der Waals surface area contributed by atoms with Gasteiger partial charge in [-0.2, -0.15) is 0 Å². The number of H-pyrrole nitrogens is 1. The maximum atomic E-state index is 11.1. The van der Waals surface area contributed by atoms with Gasteiger partial charge in [-0.1, -0.05) is 11.8 Å². The fourth-order valence-corrected chi connectivity index (χ4v) is 2.81. The van der Waals surface area contributed by atoms with Crippen LogP contribution in [0, 0.1) is 0 Å². The first-order chi connectivity index (χ1) is 6.68. The molecule has 78 valence electrons. The first-order valence-corrected chi connectivity index (χ1v) is 5.52. The van der Waals surface area contributed by atoms with E-state index in [1.807, 2.05) is 0 Å². The Morgan fingerprint density at radius 2 is 2.43 bits per heavy atom. The van der Waals surface area contributed by atoms with Crippen molar-refractivity contribution in [2.45, 2.75) is 35.8 Å². The van der Waals surface area contributed by atoms with E-state index in [0.29, 0.717) is 5.16 Å². The van der Waals surface area contributed by atoms with Crippen LogP contribution in [0.5, 0.6) is 0 Å².